The van der Waals surface area contributed by atoms with Gasteiger partial charge in [0.2, 0.25) is 0 Å². The third kappa shape index (κ3) is 3.66. The van der Waals surface area contributed by atoms with Gasteiger partial charge in [-0.3, -0.25) is 4.68 Å². The van der Waals surface area contributed by atoms with Gasteiger partial charge in [0.15, 0.2) is 11.6 Å². The molecule has 0 bridgehead atoms. The summed E-state index contributed by atoms with van der Waals surface area (Å²) in [5.41, 5.74) is 1.60. The molecule has 0 radical (unpaired) electrons. The van der Waals surface area contributed by atoms with Crippen molar-refractivity contribution in [2.24, 2.45) is 0 Å². The van der Waals surface area contributed by atoms with Crippen molar-refractivity contribution in [3.8, 4) is 0 Å². The molecule has 0 saturated carbocycles. The van der Waals surface area contributed by atoms with Crippen LogP contribution in [-0.2, 0) is 13.1 Å². The van der Waals surface area contributed by atoms with E-state index in [9.17, 15) is 13.2 Å². The highest BCUT2D eigenvalue weighted by atomic mass is 35.5. The fraction of sp³-hybridized carbons (Fsp3) is 0.308. The molecule has 1 heterocycles. The molecule has 1 N–H and O–H groups in total. The predicted octanol–water partition coefficient (Wildman–Crippen LogP) is 3.47. The number of hydrogen-bond acceptors (Lipinski definition) is 2. The lowest BCUT2D eigenvalue weighted by atomic mass is 10.2. The number of rotatable bonds is 5. The van der Waals surface area contributed by atoms with E-state index in [1.54, 1.807) is 13.1 Å². The van der Waals surface area contributed by atoms with Gasteiger partial charge in [-0.05, 0) is 13.0 Å². The molecule has 0 fully saturated rings. The zero-order valence-electron chi connectivity index (χ0n) is 10.9. The molecule has 0 aliphatic rings. The Balaban J connectivity index is 0.00000200. The van der Waals surface area contributed by atoms with Crippen LogP contribution < -0.4 is 5.32 Å². The van der Waals surface area contributed by atoms with Crippen LogP contribution in [0.4, 0.5) is 18.9 Å². The van der Waals surface area contributed by atoms with Crippen molar-refractivity contribution < 1.29 is 13.2 Å². The van der Waals surface area contributed by atoms with E-state index in [4.69, 9.17) is 0 Å². The maximum Gasteiger partial charge on any atom is 0.163 e. The Morgan fingerprint density at radius 2 is 2.05 bits per heavy atom. The van der Waals surface area contributed by atoms with Crippen molar-refractivity contribution in [1.82, 2.24) is 9.78 Å². The smallest absolute Gasteiger partial charge is 0.163 e. The molecule has 0 atom stereocenters. The van der Waals surface area contributed by atoms with Crippen molar-refractivity contribution in [2.45, 2.75) is 20.0 Å². The van der Waals surface area contributed by atoms with Gasteiger partial charge in [0.25, 0.3) is 0 Å². The Hall–Kier alpha value is -1.69. The number of halogens is 4. The number of aryl methyl sites for hydroxylation is 2. The molecule has 3 nitrogen and oxygen atoms in total. The number of aromatic nitrogens is 2. The fourth-order valence-corrected chi connectivity index (χ4v) is 1.77. The van der Waals surface area contributed by atoms with Crippen LogP contribution in [0.5, 0.6) is 0 Å². The van der Waals surface area contributed by atoms with Gasteiger partial charge in [0.05, 0.1) is 17.9 Å². The van der Waals surface area contributed by atoms with Crippen LogP contribution in [0.2, 0.25) is 0 Å². The topological polar surface area (TPSA) is 29.9 Å². The van der Waals surface area contributed by atoms with Crippen LogP contribution in [-0.4, -0.2) is 16.5 Å². The van der Waals surface area contributed by atoms with Gasteiger partial charge >= 0.3 is 0 Å². The summed E-state index contributed by atoms with van der Waals surface area (Å²) in [5, 5.41) is 7.06. The molecule has 1 aromatic heterocycles. The lowest BCUT2D eigenvalue weighted by molar-refractivity contribution is 0.426. The van der Waals surface area contributed by atoms with E-state index in [1.165, 1.54) is 16.8 Å². The third-order valence-corrected chi connectivity index (χ3v) is 2.76. The monoisotopic (exact) mass is 305 g/mol. The predicted molar refractivity (Wildman–Crippen MR) is 73.9 cm³/mol. The molecule has 0 spiro atoms. The standard InChI is InChI=1S/C13H14F3N3.ClH/c1-9-12(8-19(18-9)6-5-14)17-7-10-3-2-4-11(15)13(10)16;/h2-4,8,17H,5-7H2,1H3;1H. The quantitative estimate of drug-likeness (QED) is 0.916. The average molecular weight is 306 g/mol. The number of anilines is 1. The number of alkyl halides is 1. The van der Waals surface area contributed by atoms with E-state index in [1.807, 2.05) is 0 Å². The minimum absolute atomic E-state index is 0. The molecule has 2 aromatic rings. The first-order valence-corrected chi connectivity index (χ1v) is 5.88. The minimum Gasteiger partial charge on any atom is -0.378 e. The number of nitrogens with one attached hydrogen (secondary N) is 1. The minimum atomic E-state index is -0.871. The number of benzene rings is 1. The van der Waals surface area contributed by atoms with Gasteiger partial charge in [0, 0.05) is 18.3 Å². The molecule has 0 amide bonds. The Labute approximate surface area is 121 Å². The Kier molecular flexibility index (Phi) is 5.88. The second-order valence-corrected chi connectivity index (χ2v) is 4.15. The highest BCUT2D eigenvalue weighted by Gasteiger charge is 2.09. The SMILES string of the molecule is Cc1nn(CCF)cc1NCc1cccc(F)c1F.Cl. The van der Waals surface area contributed by atoms with Gasteiger partial charge in [-0.15, -0.1) is 12.4 Å². The van der Waals surface area contributed by atoms with Crippen molar-refractivity contribution in [3.05, 3.63) is 47.3 Å². The summed E-state index contributed by atoms with van der Waals surface area (Å²) in [5.74, 6) is -1.73. The first-order chi connectivity index (χ1) is 9.11. The van der Waals surface area contributed by atoms with E-state index >= 15 is 0 Å². The van der Waals surface area contributed by atoms with Crippen LogP contribution in [0.3, 0.4) is 0 Å². The van der Waals surface area contributed by atoms with Crippen LogP contribution in [0.25, 0.3) is 0 Å². The molecular formula is C13H15ClF3N3. The summed E-state index contributed by atoms with van der Waals surface area (Å²) in [6.07, 6.45) is 1.64. The van der Waals surface area contributed by atoms with Crippen molar-refractivity contribution >= 4 is 18.1 Å². The Bertz CT molecular complexity index is 572. The highest BCUT2D eigenvalue weighted by Crippen LogP contribution is 2.16. The highest BCUT2D eigenvalue weighted by molar-refractivity contribution is 5.85. The normalized spacial score (nSPS) is 10.2. The van der Waals surface area contributed by atoms with Crippen LogP contribution in [0.15, 0.2) is 24.4 Å². The maximum atomic E-state index is 13.4. The molecular weight excluding hydrogens is 291 g/mol. The number of nitrogens with zero attached hydrogens (tertiary/aromatic N) is 2. The zero-order chi connectivity index (χ0) is 13.8. The van der Waals surface area contributed by atoms with Crippen LogP contribution in [0, 0.1) is 18.6 Å². The largest absolute Gasteiger partial charge is 0.378 e. The van der Waals surface area contributed by atoms with Gasteiger partial charge in [-0.1, -0.05) is 12.1 Å². The Morgan fingerprint density at radius 3 is 2.75 bits per heavy atom. The molecule has 0 aliphatic heterocycles. The summed E-state index contributed by atoms with van der Waals surface area (Å²) in [7, 11) is 0. The summed E-state index contributed by atoms with van der Waals surface area (Å²) in [6.45, 7) is 1.58. The molecule has 0 saturated heterocycles. The molecule has 0 unspecified atom stereocenters. The van der Waals surface area contributed by atoms with Gasteiger partial charge in [-0.2, -0.15) is 5.10 Å². The molecule has 110 valence electrons. The fourth-order valence-electron chi connectivity index (χ4n) is 1.77. The van der Waals surface area contributed by atoms with Crippen LogP contribution in [0.1, 0.15) is 11.3 Å². The first-order valence-electron chi connectivity index (χ1n) is 5.88. The first kappa shape index (κ1) is 16.4. The van der Waals surface area contributed by atoms with Gasteiger partial charge < -0.3 is 5.32 Å². The zero-order valence-corrected chi connectivity index (χ0v) is 11.7. The lowest BCUT2D eigenvalue weighted by Crippen LogP contribution is -2.03. The summed E-state index contributed by atoms with van der Waals surface area (Å²) in [4.78, 5) is 0. The van der Waals surface area contributed by atoms with Crippen molar-refractivity contribution in [2.75, 3.05) is 12.0 Å². The van der Waals surface area contributed by atoms with E-state index in [0.717, 1.165) is 6.07 Å². The van der Waals surface area contributed by atoms with Crippen molar-refractivity contribution in [3.63, 3.8) is 0 Å². The third-order valence-electron chi connectivity index (χ3n) is 2.76. The molecule has 20 heavy (non-hydrogen) atoms. The van der Waals surface area contributed by atoms with Gasteiger partial charge in [0.1, 0.15) is 6.67 Å². The maximum absolute atomic E-state index is 13.4. The van der Waals surface area contributed by atoms with Gasteiger partial charge in [-0.25, -0.2) is 13.2 Å². The van der Waals surface area contributed by atoms with E-state index in [-0.39, 0.29) is 31.1 Å². The second kappa shape index (κ2) is 7.19. The summed E-state index contributed by atoms with van der Waals surface area (Å²) >= 11 is 0. The Morgan fingerprint density at radius 1 is 1.30 bits per heavy atom. The molecule has 7 heteroatoms. The van der Waals surface area contributed by atoms with Crippen LogP contribution >= 0.6 is 12.4 Å². The van der Waals surface area contributed by atoms with E-state index in [2.05, 4.69) is 10.4 Å². The molecule has 1 aromatic carbocycles. The summed E-state index contributed by atoms with van der Waals surface area (Å²) in [6, 6.07) is 4.03. The summed E-state index contributed by atoms with van der Waals surface area (Å²) < 4.78 is 40.1. The van der Waals surface area contributed by atoms with E-state index < -0.39 is 18.3 Å². The van der Waals surface area contributed by atoms with E-state index in [0.29, 0.717) is 11.4 Å². The number of hydrogen-bond donors (Lipinski definition) is 1. The molecule has 2 rings (SSSR count). The van der Waals surface area contributed by atoms with Crippen molar-refractivity contribution in [1.29, 1.82) is 0 Å². The lowest BCUT2D eigenvalue weighted by Gasteiger charge is -2.06. The average Bonchev–Trinajstić information content (AvgIpc) is 2.72. The molecule has 0 aliphatic carbocycles. The second-order valence-electron chi connectivity index (χ2n) is 4.15.